The quantitative estimate of drug-likeness (QED) is 0.340. The Hall–Kier alpha value is 6.94. The van der Waals surface area contributed by atoms with Crippen molar-refractivity contribution in [2.75, 3.05) is 0 Å². The van der Waals surface area contributed by atoms with Crippen LogP contribution in [0.3, 0.4) is 0 Å². The molecule has 0 fully saturated rings. The maximum Gasteiger partial charge on any atom is 0 e. The van der Waals surface area contributed by atoms with Gasteiger partial charge < -0.3 is 0 Å². The molecule has 0 unspecified atom stereocenters. The van der Waals surface area contributed by atoms with Gasteiger partial charge in [0.05, 0.1) is 0 Å². The van der Waals surface area contributed by atoms with Gasteiger partial charge in [-0.15, -0.1) is 0 Å². The van der Waals surface area contributed by atoms with Gasteiger partial charge in [-0.2, -0.15) is 0 Å². The Morgan fingerprint density at radius 2 is 0.556 bits per heavy atom. The molecule has 0 amide bonds. The fraction of sp³-hybridized carbons (Fsp3) is 0. The van der Waals surface area contributed by atoms with E-state index in [0.717, 1.165) is 0 Å². The minimum atomic E-state index is -3.31. The molecule has 0 aromatic rings. The van der Waals surface area contributed by atoms with Gasteiger partial charge in [-0.25, -0.2) is 0 Å². The van der Waals surface area contributed by atoms with E-state index in [-0.39, 0.29) is 103 Å². The van der Waals surface area contributed by atoms with E-state index in [4.69, 9.17) is 0 Å². The van der Waals surface area contributed by atoms with Crippen LogP contribution in [0.5, 0.6) is 0 Å². The molecule has 0 aliphatic rings. The number of hydrogen-bond acceptors (Lipinski definition) is 0. The second-order valence-electron chi connectivity index (χ2n) is 0.875. The van der Waals surface area contributed by atoms with Crippen molar-refractivity contribution in [2.45, 2.75) is 0 Å². The molecule has 0 spiro atoms. The Balaban J connectivity index is -0.000000180. The first-order chi connectivity index (χ1) is 2.45. The third-order valence-corrected chi connectivity index (χ3v) is 0. The van der Waals surface area contributed by atoms with E-state index in [1.807, 2.05) is 0 Å². The van der Waals surface area contributed by atoms with Gasteiger partial charge in [-0.1, -0.05) is 0 Å². The average molecular weight is 685 g/mol. The molecule has 0 bridgehead atoms. The zero-order valence-electron chi connectivity index (χ0n) is 4.68. The normalized spacial score (nSPS) is 18.0. The van der Waals surface area contributed by atoms with Gasteiger partial charge in [0.2, 0.25) is 0 Å². The van der Waals surface area contributed by atoms with Crippen LogP contribution in [0.25, 0.3) is 0 Å². The Morgan fingerprint density at radius 3 is 0.556 bits per heavy atom. The Bertz CT molecular complexity index is 69.6. The average Bonchev–Trinajstić information content (AvgIpc) is 0.592. The summed E-state index contributed by atoms with van der Waals surface area (Å²) in [6.45, 7) is 0. The minimum absolute atomic E-state index is 0. The van der Waals surface area contributed by atoms with Crippen LogP contribution in [0, 0.1) is 0 Å². The van der Waals surface area contributed by atoms with E-state index >= 15 is 0 Å². The second-order valence-corrected chi connectivity index (χ2v) is 158. The molecular formula is Br6K2Te. The second kappa shape index (κ2) is 6.03. The molecule has 2 radical (unpaired) electrons. The van der Waals surface area contributed by atoms with Gasteiger partial charge in [0.1, 0.15) is 0 Å². The van der Waals surface area contributed by atoms with Crippen molar-refractivity contribution in [3.63, 3.8) is 0 Å². The van der Waals surface area contributed by atoms with E-state index in [0.29, 0.717) is 0 Å². The maximum atomic E-state index is 3.36. The topological polar surface area (TPSA) is 0 Å². The van der Waals surface area contributed by atoms with Crippen molar-refractivity contribution >= 4 is 181 Å². The standard InChI is InChI=1S/Br6Te.2K/c1-7(2,3,4,5)6;;. The molecule has 0 aliphatic carbocycles. The molecule has 0 saturated heterocycles. The molecule has 0 N–H and O–H groups in total. The van der Waals surface area contributed by atoms with Gasteiger partial charge >= 0.3 is 78.7 Å². The molecule has 9 heavy (non-hydrogen) atoms. The largest absolute Gasteiger partial charge is 0 e. The first-order valence-electron chi connectivity index (χ1n) is 0.926. The van der Waals surface area contributed by atoms with Crippen LogP contribution in [0.4, 0.5) is 0 Å². The van der Waals surface area contributed by atoms with E-state index in [1.165, 1.54) is 0 Å². The third kappa shape index (κ3) is 51.9. The zero-order valence-corrected chi connectivity index (χ0v) is 22.8. The van der Waals surface area contributed by atoms with Crippen molar-refractivity contribution in [1.82, 2.24) is 0 Å². The summed E-state index contributed by atoms with van der Waals surface area (Å²) in [5, 5.41) is 0. The molecule has 0 atom stereocenters. The van der Waals surface area contributed by atoms with Crippen LogP contribution < -0.4 is 0 Å². The summed E-state index contributed by atoms with van der Waals surface area (Å²) in [4.78, 5) is 0. The Morgan fingerprint density at radius 1 is 0.556 bits per heavy atom. The summed E-state index contributed by atoms with van der Waals surface area (Å²) in [6.07, 6.45) is 0. The van der Waals surface area contributed by atoms with Gasteiger partial charge in [0.25, 0.3) is 0 Å². The van der Waals surface area contributed by atoms with E-state index < -0.39 is 2.19 Å². The summed E-state index contributed by atoms with van der Waals surface area (Å²) in [7, 11) is 0. The predicted octanol–water partition coefficient (Wildman–Crippen LogP) is 3.93. The fourth-order valence-corrected chi connectivity index (χ4v) is 0. The SMILES string of the molecule is Br[Te](Br)(Br)(Br)(Br)Br.[K].[K]. The molecular weight excluding hydrogens is 685 g/mol. The molecule has 0 heterocycles. The predicted molar refractivity (Wildman–Crippen MR) is 70.8 cm³/mol. The third-order valence-electron chi connectivity index (χ3n) is 0. The van der Waals surface area contributed by atoms with Gasteiger partial charge in [0, 0.05) is 103 Å². The first kappa shape index (κ1) is 21.3. The monoisotopic (exact) mass is 681 g/mol. The van der Waals surface area contributed by atoms with Crippen LogP contribution in [0.15, 0.2) is 0 Å². The fourth-order valence-electron chi connectivity index (χ4n) is 0. The number of halogens is 6. The number of hydrogen-bond donors (Lipinski definition) is 0. The van der Waals surface area contributed by atoms with Crippen molar-refractivity contribution in [2.24, 2.45) is 0 Å². The summed E-state index contributed by atoms with van der Waals surface area (Å²) in [6, 6.07) is 0. The first-order valence-corrected chi connectivity index (χ1v) is 32.3. The summed E-state index contributed by atoms with van der Waals surface area (Å²) in [5.74, 6) is 0. The van der Waals surface area contributed by atoms with Crippen molar-refractivity contribution in [3.05, 3.63) is 0 Å². The smallest absolute Gasteiger partial charge is 0 e. The summed E-state index contributed by atoms with van der Waals surface area (Å²) in [5.41, 5.74) is 0. The molecule has 0 saturated carbocycles. The molecule has 0 nitrogen and oxygen atoms in total. The maximum absolute atomic E-state index is 3.36. The van der Waals surface area contributed by atoms with Crippen molar-refractivity contribution in [3.8, 4) is 0 Å². The number of rotatable bonds is 0. The molecule has 9 heteroatoms. The van der Waals surface area contributed by atoms with E-state index in [1.54, 1.807) is 0 Å². The van der Waals surface area contributed by atoms with Crippen molar-refractivity contribution in [1.29, 1.82) is 0 Å². The molecule has 0 rings (SSSR count). The summed E-state index contributed by atoms with van der Waals surface area (Å²) < 4.78 is -3.31. The molecule has 0 aliphatic heterocycles. The van der Waals surface area contributed by atoms with Gasteiger partial charge in [0.15, 0.2) is 0 Å². The zero-order chi connectivity index (χ0) is 6.41. The van der Waals surface area contributed by atoms with Gasteiger partial charge in [-0.05, 0) is 0 Å². The molecule has 0 aromatic carbocycles. The van der Waals surface area contributed by atoms with Gasteiger partial charge in [-0.3, -0.25) is 0 Å². The molecule has 0 aromatic heterocycles. The van der Waals surface area contributed by atoms with Crippen LogP contribution in [0.1, 0.15) is 0 Å². The van der Waals surface area contributed by atoms with E-state index in [9.17, 15) is 0 Å². The van der Waals surface area contributed by atoms with Crippen molar-refractivity contribution < 1.29 is 0 Å². The Kier molecular flexibility index (Phi) is 14.2. The van der Waals surface area contributed by atoms with Crippen LogP contribution in [-0.4, -0.2) is 105 Å². The Labute approximate surface area is 174 Å². The minimum Gasteiger partial charge on any atom is 0 e. The van der Waals surface area contributed by atoms with Crippen LogP contribution >= 0.6 is 76.5 Å². The molecule has 50 valence electrons. The summed E-state index contributed by atoms with van der Waals surface area (Å²) >= 11 is 20.1. The van der Waals surface area contributed by atoms with Crippen LogP contribution in [0.2, 0.25) is 0 Å². The van der Waals surface area contributed by atoms with E-state index in [2.05, 4.69) is 76.5 Å². The van der Waals surface area contributed by atoms with Crippen LogP contribution in [-0.2, 0) is 0 Å².